The minimum atomic E-state index is -0.375. The van der Waals surface area contributed by atoms with Crippen LogP contribution < -0.4 is 5.73 Å². The van der Waals surface area contributed by atoms with Gasteiger partial charge in [-0.1, -0.05) is 13.8 Å². The minimum Gasteiger partial charge on any atom is -0.366 e. The van der Waals surface area contributed by atoms with Gasteiger partial charge in [0.2, 0.25) is 11.8 Å². The van der Waals surface area contributed by atoms with Gasteiger partial charge in [0.25, 0.3) is 0 Å². The number of carbonyl (C=O) groups excluding carboxylic acids is 2. The zero-order valence-corrected chi connectivity index (χ0v) is 15.8. The van der Waals surface area contributed by atoms with Gasteiger partial charge in [-0.05, 0) is 74.5 Å². The zero-order chi connectivity index (χ0) is 17.9. The summed E-state index contributed by atoms with van der Waals surface area (Å²) in [4.78, 5) is 27.1. The van der Waals surface area contributed by atoms with E-state index in [1.165, 1.54) is 25.7 Å². The minimum absolute atomic E-state index is 0.000415. The highest BCUT2D eigenvalue weighted by Crippen LogP contribution is 2.71. The fourth-order valence-electron chi connectivity index (χ4n) is 7.56. The molecule has 2 N–H and O–H groups in total. The fourth-order valence-corrected chi connectivity index (χ4v) is 7.56. The molecule has 5 aliphatic rings. The largest absolute Gasteiger partial charge is 0.366 e. The van der Waals surface area contributed by atoms with Crippen molar-refractivity contribution in [1.29, 1.82) is 0 Å². The lowest BCUT2D eigenvalue weighted by Gasteiger charge is -2.65. The predicted molar refractivity (Wildman–Crippen MR) is 97.5 cm³/mol. The number of nitrogens with zero attached hydrogens (tertiary/aromatic N) is 1. The molecule has 4 heteroatoms. The summed E-state index contributed by atoms with van der Waals surface area (Å²) in [5, 5.41) is 0. The molecule has 0 aromatic carbocycles. The first-order valence-corrected chi connectivity index (χ1v) is 10.0. The van der Waals surface area contributed by atoms with Gasteiger partial charge in [-0.2, -0.15) is 0 Å². The molecule has 4 nitrogen and oxygen atoms in total. The number of hydrogen-bond donors (Lipinski definition) is 1. The van der Waals surface area contributed by atoms with Gasteiger partial charge in [0.15, 0.2) is 0 Å². The van der Waals surface area contributed by atoms with Crippen LogP contribution in [0.3, 0.4) is 0 Å². The Kier molecular flexibility index (Phi) is 3.82. The second-order valence-electron chi connectivity index (χ2n) is 10.2. The van der Waals surface area contributed by atoms with E-state index in [0.29, 0.717) is 22.3 Å². The lowest BCUT2D eigenvalue weighted by molar-refractivity contribution is -0.139. The van der Waals surface area contributed by atoms with E-state index in [1.54, 1.807) is 6.08 Å². The normalized spacial score (nSPS) is 43.4. The third-order valence-electron chi connectivity index (χ3n) is 7.40. The molecule has 2 atom stereocenters. The van der Waals surface area contributed by atoms with Crippen molar-refractivity contribution >= 4 is 11.8 Å². The molecule has 4 aliphatic carbocycles. The molecule has 138 valence electrons. The average Bonchev–Trinajstić information content (AvgIpc) is 2.49. The van der Waals surface area contributed by atoms with Crippen molar-refractivity contribution in [2.75, 3.05) is 13.1 Å². The maximum atomic E-state index is 12.8. The lowest BCUT2D eigenvalue weighted by Crippen LogP contribution is -2.56. The summed E-state index contributed by atoms with van der Waals surface area (Å²) in [5.74, 6) is 0.304. The molecule has 4 bridgehead atoms. The maximum Gasteiger partial charge on any atom is 0.247 e. The van der Waals surface area contributed by atoms with Gasteiger partial charge in [0.05, 0.1) is 0 Å². The Labute approximate surface area is 151 Å². The quantitative estimate of drug-likeness (QED) is 0.798. The van der Waals surface area contributed by atoms with E-state index >= 15 is 0 Å². The van der Waals surface area contributed by atoms with E-state index in [4.69, 9.17) is 5.73 Å². The third kappa shape index (κ3) is 2.92. The summed E-state index contributed by atoms with van der Waals surface area (Å²) in [6, 6.07) is 0. The number of primary amides is 1. The highest BCUT2D eigenvalue weighted by Gasteiger charge is 2.61. The van der Waals surface area contributed by atoms with Crippen LogP contribution in [-0.4, -0.2) is 29.8 Å². The van der Waals surface area contributed by atoms with Gasteiger partial charge in [-0.3, -0.25) is 9.59 Å². The van der Waals surface area contributed by atoms with Gasteiger partial charge in [0, 0.05) is 30.2 Å². The standard InChI is InChI=1S/C21H32N2O2/c1-19-9-15-10-20(2,12-19)14-21(11-15,13-19)16(18(22)25)8-17(24)23-6-4-3-5-7-23/h8,15H,3-7,9-14H2,1-2H3,(H2,22,25)/b16-8+. The topological polar surface area (TPSA) is 63.4 Å². The molecule has 2 unspecified atom stereocenters. The van der Waals surface area contributed by atoms with E-state index in [1.807, 2.05) is 4.90 Å². The highest BCUT2D eigenvalue weighted by atomic mass is 16.2. The van der Waals surface area contributed by atoms with Crippen molar-refractivity contribution in [2.24, 2.45) is 27.9 Å². The molecule has 5 fully saturated rings. The Morgan fingerprint density at radius 2 is 1.56 bits per heavy atom. The Hall–Kier alpha value is -1.32. The van der Waals surface area contributed by atoms with Gasteiger partial charge in [-0.15, -0.1) is 0 Å². The smallest absolute Gasteiger partial charge is 0.247 e. The van der Waals surface area contributed by atoms with Crippen molar-refractivity contribution < 1.29 is 9.59 Å². The number of likely N-dealkylation sites (tertiary alicyclic amines) is 1. The molecule has 0 aromatic heterocycles. The summed E-state index contributed by atoms with van der Waals surface area (Å²) in [6.45, 7) is 6.39. The average molecular weight is 344 g/mol. The van der Waals surface area contributed by atoms with Crippen LogP contribution in [0.25, 0.3) is 0 Å². The number of amides is 2. The SMILES string of the molecule is CC12CC3CC(C)(C1)CC(/C(=C/C(=O)N1CCCCC1)C(N)=O)(C3)C2. The number of piperidine rings is 1. The maximum absolute atomic E-state index is 12.8. The number of rotatable bonds is 3. The van der Waals surface area contributed by atoms with E-state index in [2.05, 4.69) is 13.8 Å². The van der Waals surface area contributed by atoms with Crippen LogP contribution in [0, 0.1) is 22.2 Å². The molecule has 5 rings (SSSR count). The Bertz CT molecular complexity index is 614. The van der Waals surface area contributed by atoms with Crippen molar-refractivity contribution in [3.05, 3.63) is 11.6 Å². The van der Waals surface area contributed by atoms with Crippen LogP contribution in [0.4, 0.5) is 0 Å². The fraction of sp³-hybridized carbons (Fsp3) is 0.810. The summed E-state index contributed by atoms with van der Waals surface area (Å²) in [6.07, 6.45) is 11.8. The molecule has 25 heavy (non-hydrogen) atoms. The third-order valence-corrected chi connectivity index (χ3v) is 7.40. The van der Waals surface area contributed by atoms with E-state index < -0.39 is 0 Å². The molecule has 4 saturated carbocycles. The van der Waals surface area contributed by atoms with Gasteiger partial charge in [-0.25, -0.2) is 0 Å². The van der Waals surface area contributed by atoms with Crippen LogP contribution in [0.15, 0.2) is 11.6 Å². The molecule has 1 saturated heterocycles. The molecule has 1 aliphatic heterocycles. The van der Waals surface area contributed by atoms with Crippen molar-refractivity contribution in [2.45, 2.75) is 71.6 Å². The van der Waals surface area contributed by atoms with Crippen molar-refractivity contribution in [3.63, 3.8) is 0 Å². The molecular weight excluding hydrogens is 312 g/mol. The molecule has 0 spiro atoms. The summed E-state index contributed by atoms with van der Waals surface area (Å²) >= 11 is 0. The van der Waals surface area contributed by atoms with Crippen LogP contribution in [-0.2, 0) is 9.59 Å². The second-order valence-corrected chi connectivity index (χ2v) is 10.2. The number of hydrogen-bond acceptors (Lipinski definition) is 2. The van der Waals surface area contributed by atoms with Crippen molar-refractivity contribution in [3.8, 4) is 0 Å². The van der Waals surface area contributed by atoms with Gasteiger partial charge < -0.3 is 10.6 Å². The molecular formula is C21H32N2O2. The van der Waals surface area contributed by atoms with Crippen LogP contribution >= 0.6 is 0 Å². The van der Waals surface area contributed by atoms with Crippen molar-refractivity contribution in [1.82, 2.24) is 4.90 Å². The second kappa shape index (κ2) is 5.59. The molecule has 0 aromatic rings. The first-order valence-electron chi connectivity index (χ1n) is 10.0. The number of nitrogens with two attached hydrogens (primary N) is 1. The first-order chi connectivity index (χ1) is 11.7. The predicted octanol–water partition coefficient (Wildman–Crippen LogP) is 3.41. The Morgan fingerprint density at radius 1 is 0.960 bits per heavy atom. The summed E-state index contributed by atoms with van der Waals surface area (Å²) < 4.78 is 0. The lowest BCUT2D eigenvalue weighted by atomic mass is 9.39. The van der Waals surface area contributed by atoms with Crippen LogP contribution in [0.2, 0.25) is 0 Å². The Balaban J connectivity index is 1.68. The Morgan fingerprint density at radius 3 is 2.08 bits per heavy atom. The van der Waals surface area contributed by atoms with Crippen LogP contribution in [0.5, 0.6) is 0 Å². The summed E-state index contributed by atoms with van der Waals surface area (Å²) in [5.41, 5.74) is 6.91. The van der Waals surface area contributed by atoms with E-state index in [-0.39, 0.29) is 17.2 Å². The zero-order valence-electron chi connectivity index (χ0n) is 15.8. The highest BCUT2D eigenvalue weighted by molar-refractivity contribution is 6.01. The summed E-state index contributed by atoms with van der Waals surface area (Å²) in [7, 11) is 0. The van der Waals surface area contributed by atoms with Gasteiger partial charge in [0.1, 0.15) is 0 Å². The molecule has 0 radical (unpaired) electrons. The molecule has 2 amide bonds. The number of carbonyl (C=O) groups is 2. The van der Waals surface area contributed by atoms with Gasteiger partial charge >= 0.3 is 0 Å². The van der Waals surface area contributed by atoms with E-state index in [9.17, 15) is 9.59 Å². The van der Waals surface area contributed by atoms with E-state index in [0.717, 1.165) is 45.2 Å². The first kappa shape index (κ1) is 17.1. The van der Waals surface area contributed by atoms with Crippen LogP contribution in [0.1, 0.15) is 71.6 Å². The monoisotopic (exact) mass is 344 g/mol. The molecule has 1 heterocycles.